The quantitative estimate of drug-likeness (QED) is 0.287. The highest BCUT2D eigenvalue weighted by molar-refractivity contribution is 14.0. The Labute approximate surface area is 199 Å². The van der Waals surface area contributed by atoms with Gasteiger partial charge in [-0.25, -0.2) is 15.0 Å². The van der Waals surface area contributed by atoms with Crippen LogP contribution in [0.2, 0.25) is 0 Å². The highest BCUT2D eigenvalue weighted by atomic mass is 127. The molecule has 0 saturated heterocycles. The molecule has 0 bridgehead atoms. The summed E-state index contributed by atoms with van der Waals surface area (Å²) >= 11 is 0. The molecule has 0 fully saturated rings. The zero-order chi connectivity index (χ0) is 20.8. The first-order chi connectivity index (χ1) is 14.7. The van der Waals surface area contributed by atoms with Gasteiger partial charge in [0.15, 0.2) is 17.5 Å². The number of benzene rings is 1. The molecule has 8 nitrogen and oxygen atoms in total. The van der Waals surface area contributed by atoms with E-state index in [-0.39, 0.29) is 30.1 Å². The van der Waals surface area contributed by atoms with Crippen LogP contribution in [-0.4, -0.2) is 46.3 Å². The van der Waals surface area contributed by atoms with Crippen molar-refractivity contribution < 1.29 is 9.47 Å². The molecule has 2 N–H and O–H groups in total. The molecular formula is C22H27IN6O2. The molecule has 1 atom stereocenters. The van der Waals surface area contributed by atoms with Gasteiger partial charge in [-0.2, -0.15) is 0 Å². The van der Waals surface area contributed by atoms with Crippen molar-refractivity contribution in [3.05, 3.63) is 66.4 Å². The number of rotatable bonds is 6. The first-order valence-electron chi connectivity index (χ1n) is 10.1. The molecule has 0 amide bonds. The number of fused-ring (bicyclic) bond motifs is 1. The van der Waals surface area contributed by atoms with E-state index in [9.17, 15) is 0 Å². The fourth-order valence-corrected chi connectivity index (χ4v) is 3.16. The first kappa shape index (κ1) is 22.9. The summed E-state index contributed by atoms with van der Waals surface area (Å²) in [7, 11) is 0. The van der Waals surface area contributed by atoms with Crippen LogP contribution in [0.25, 0.3) is 5.82 Å². The molecule has 3 heterocycles. The number of imidazole rings is 1. The van der Waals surface area contributed by atoms with Gasteiger partial charge in [-0.1, -0.05) is 18.2 Å². The smallest absolute Gasteiger partial charge is 0.191 e. The molecule has 0 aliphatic carbocycles. The number of hydrogen-bond acceptors (Lipinski definition) is 5. The lowest BCUT2D eigenvalue weighted by atomic mass is 10.2. The SMILES string of the molecule is CCNC(=NCc1ccc(-n2ccnc2C)nc1)NCC1COc2ccccc2O1.I. The van der Waals surface area contributed by atoms with Crippen molar-refractivity contribution >= 4 is 29.9 Å². The second kappa shape index (κ2) is 11.0. The summed E-state index contributed by atoms with van der Waals surface area (Å²) in [6.07, 6.45) is 5.43. The standard InChI is InChI=1S/C22H26N6O2.HI/c1-3-23-22(27-14-18-15-29-19-6-4-5-7-20(19)30-18)26-13-17-8-9-21(25-12-17)28-11-10-24-16(28)2;/h4-12,18H,3,13-15H2,1-2H3,(H2,23,26,27);1H. The second-order valence-corrected chi connectivity index (χ2v) is 6.94. The predicted molar refractivity (Wildman–Crippen MR) is 131 cm³/mol. The predicted octanol–water partition coefficient (Wildman–Crippen LogP) is 3.09. The molecule has 0 saturated carbocycles. The molecule has 2 aromatic heterocycles. The summed E-state index contributed by atoms with van der Waals surface area (Å²) in [5.74, 6) is 4.04. The number of ether oxygens (including phenoxy) is 2. The van der Waals surface area contributed by atoms with Crippen molar-refractivity contribution in [3.63, 3.8) is 0 Å². The Hall–Kier alpha value is -2.82. The molecule has 9 heteroatoms. The number of aliphatic imine (C=N–C) groups is 1. The van der Waals surface area contributed by atoms with Crippen molar-refractivity contribution in [1.29, 1.82) is 0 Å². The highest BCUT2D eigenvalue weighted by Gasteiger charge is 2.20. The Morgan fingerprint density at radius 2 is 2.00 bits per heavy atom. The lowest BCUT2D eigenvalue weighted by molar-refractivity contribution is 0.0936. The number of nitrogens with one attached hydrogen (secondary N) is 2. The van der Waals surface area contributed by atoms with Gasteiger partial charge in [-0.3, -0.25) is 4.57 Å². The number of halogens is 1. The Morgan fingerprint density at radius 3 is 2.71 bits per heavy atom. The van der Waals surface area contributed by atoms with E-state index in [2.05, 4.69) is 25.6 Å². The van der Waals surface area contributed by atoms with E-state index in [0.29, 0.717) is 19.7 Å². The Morgan fingerprint density at radius 1 is 1.16 bits per heavy atom. The number of pyridine rings is 1. The van der Waals surface area contributed by atoms with Crippen molar-refractivity contribution in [2.24, 2.45) is 4.99 Å². The normalized spacial score (nSPS) is 15.2. The maximum atomic E-state index is 5.99. The molecule has 1 aliphatic heterocycles. The summed E-state index contributed by atoms with van der Waals surface area (Å²) in [6.45, 7) is 6.38. The van der Waals surface area contributed by atoms with Gasteiger partial charge in [0.2, 0.25) is 0 Å². The van der Waals surface area contributed by atoms with Gasteiger partial charge in [0.1, 0.15) is 24.4 Å². The van der Waals surface area contributed by atoms with Crippen LogP contribution in [0.4, 0.5) is 0 Å². The van der Waals surface area contributed by atoms with Crippen LogP contribution in [0.15, 0.2) is 60.0 Å². The lowest BCUT2D eigenvalue weighted by Crippen LogP contribution is -2.45. The van der Waals surface area contributed by atoms with Crippen molar-refractivity contribution in [1.82, 2.24) is 25.2 Å². The van der Waals surface area contributed by atoms with Crippen LogP contribution in [0.3, 0.4) is 0 Å². The largest absolute Gasteiger partial charge is 0.486 e. The third kappa shape index (κ3) is 5.87. The molecule has 1 unspecified atom stereocenters. The number of aryl methyl sites for hydroxylation is 1. The summed E-state index contributed by atoms with van der Waals surface area (Å²) < 4.78 is 13.7. The van der Waals surface area contributed by atoms with E-state index in [1.165, 1.54) is 0 Å². The molecule has 0 radical (unpaired) electrons. The second-order valence-electron chi connectivity index (χ2n) is 6.94. The molecule has 1 aromatic carbocycles. The van der Waals surface area contributed by atoms with Crippen molar-refractivity contribution in [3.8, 4) is 17.3 Å². The Bertz CT molecular complexity index is 1010. The zero-order valence-electron chi connectivity index (χ0n) is 17.6. The van der Waals surface area contributed by atoms with Gasteiger partial charge in [0, 0.05) is 25.1 Å². The highest BCUT2D eigenvalue weighted by Crippen LogP contribution is 2.30. The fourth-order valence-electron chi connectivity index (χ4n) is 3.16. The lowest BCUT2D eigenvalue weighted by Gasteiger charge is -2.27. The average molecular weight is 534 g/mol. The molecular weight excluding hydrogens is 507 g/mol. The van der Waals surface area contributed by atoms with Crippen molar-refractivity contribution in [2.45, 2.75) is 26.5 Å². The number of nitrogens with zero attached hydrogens (tertiary/aromatic N) is 4. The van der Waals surface area contributed by atoms with Crippen LogP contribution < -0.4 is 20.1 Å². The molecule has 3 aromatic rings. The summed E-state index contributed by atoms with van der Waals surface area (Å²) in [4.78, 5) is 13.4. The van der Waals surface area contributed by atoms with Gasteiger partial charge in [0.05, 0.1) is 13.1 Å². The fraction of sp³-hybridized carbons (Fsp3) is 0.318. The van der Waals surface area contributed by atoms with E-state index in [4.69, 9.17) is 9.47 Å². The van der Waals surface area contributed by atoms with Crippen LogP contribution in [0.5, 0.6) is 11.5 Å². The van der Waals surface area contributed by atoms with Crippen LogP contribution in [-0.2, 0) is 6.54 Å². The Balaban J connectivity index is 0.00000272. The van der Waals surface area contributed by atoms with E-state index >= 15 is 0 Å². The van der Waals surface area contributed by atoms with E-state index in [0.717, 1.165) is 41.2 Å². The van der Waals surface area contributed by atoms with Crippen molar-refractivity contribution in [2.75, 3.05) is 19.7 Å². The summed E-state index contributed by atoms with van der Waals surface area (Å²) in [6, 6.07) is 11.7. The monoisotopic (exact) mass is 534 g/mol. The summed E-state index contributed by atoms with van der Waals surface area (Å²) in [5.41, 5.74) is 1.03. The van der Waals surface area contributed by atoms with Gasteiger partial charge < -0.3 is 20.1 Å². The van der Waals surface area contributed by atoms with Crippen LogP contribution in [0.1, 0.15) is 18.3 Å². The van der Waals surface area contributed by atoms with Gasteiger partial charge in [-0.15, -0.1) is 24.0 Å². The van der Waals surface area contributed by atoms with Crippen LogP contribution in [0, 0.1) is 6.92 Å². The maximum absolute atomic E-state index is 5.99. The number of aromatic nitrogens is 3. The van der Waals surface area contributed by atoms with Gasteiger partial charge in [-0.05, 0) is 37.6 Å². The number of para-hydroxylation sites is 2. The third-order valence-electron chi connectivity index (χ3n) is 4.71. The van der Waals surface area contributed by atoms with Crippen LogP contribution >= 0.6 is 24.0 Å². The van der Waals surface area contributed by atoms with E-state index < -0.39 is 0 Å². The molecule has 31 heavy (non-hydrogen) atoms. The zero-order valence-corrected chi connectivity index (χ0v) is 19.9. The Kier molecular flexibility index (Phi) is 8.10. The number of guanidine groups is 1. The minimum Gasteiger partial charge on any atom is -0.486 e. The maximum Gasteiger partial charge on any atom is 0.191 e. The van der Waals surface area contributed by atoms with Gasteiger partial charge >= 0.3 is 0 Å². The van der Waals surface area contributed by atoms with E-state index in [1.54, 1.807) is 6.20 Å². The molecule has 0 spiro atoms. The molecule has 164 valence electrons. The van der Waals surface area contributed by atoms with E-state index in [1.807, 2.05) is 67.2 Å². The summed E-state index contributed by atoms with van der Waals surface area (Å²) in [5, 5.41) is 6.60. The molecule has 1 aliphatic rings. The topological polar surface area (TPSA) is 85.6 Å². The van der Waals surface area contributed by atoms with Gasteiger partial charge in [0.25, 0.3) is 0 Å². The third-order valence-corrected chi connectivity index (χ3v) is 4.71. The minimum absolute atomic E-state index is 0. The first-order valence-corrected chi connectivity index (χ1v) is 10.1. The molecule has 4 rings (SSSR count). The number of hydrogen-bond donors (Lipinski definition) is 2. The minimum atomic E-state index is -0.0804. The average Bonchev–Trinajstić information content (AvgIpc) is 3.21.